The van der Waals surface area contributed by atoms with Crippen LogP contribution in [0.4, 0.5) is 8.78 Å². The minimum atomic E-state index is -4.23. The van der Waals surface area contributed by atoms with Crippen LogP contribution in [0.25, 0.3) is 0 Å². The van der Waals surface area contributed by atoms with E-state index in [2.05, 4.69) is 0 Å². The highest BCUT2D eigenvalue weighted by Gasteiger charge is 2.56. The van der Waals surface area contributed by atoms with Gasteiger partial charge >= 0.3 is 11.9 Å². The third-order valence-corrected chi connectivity index (χ3v) is 2.22. The molecule has 2 N–H and O–H groups in total. The Kier molecular flexibility index (Phi) is 2.77. The van der Waals surface area contributed by atoms with Gasteiger partial charge in [-0.15, -0.1) is 0 Å². The summed E-state index contributed by atoms with van der Waals surface area (Å²) < 4.78 is 26.3. The Balaban J connectivity index is 3.19. The number of hydrogen-bond donors (Lipinski definition) is 2. The number of hydrogen-bond acceptors (Lipinski definition) is 2. The van der Waals surface area contributed by atoms with Crippen molar-refractivity contribution < 1.29 is 23.8 Å². The first kappa shape index (κ1) is 11.6. The van der Waals surface area contributed by atoms with E-state index in [9.17, 15) is 18.7 Å². The van der Waals surface area contributed by atoms with Gasteiger partial charge in [-0.1, -0.05) is 30.3 Å². The SMILES string of the molecule is CC(O)(c1ccccc1)C(F)(F)C(=O)O. The van der Waals surface area contributed by atoms with Crippen LogP contribution in [-0.2, 0) is 10.4 Å². The molecule has 0 aliphatic rings. The molecule has 1 unspecified atom stereocenters. The van der Waals surface area contributed by atoms with Gasteiger partial charge in [-0.25, -0.2) is 4.79 Å². The van der Waals surface area contributed by atoms with Gasteiger partial charge in [0, 0.05) is 0 Å². The topological polar surface area (TPSA) is 57.5 Å². The highest BCUT2D eigenvalue weighted by Crippen LogP contribution is 2.37. The normalized spacial score (nSPS) is 15.7. The van der Waals surface area contributed by atoms with Crippen LogP contribution in [0.5, 0.6) is 0 Å². The molecule has 0 fully saturated rings. The van der Waals surface area contributed by atoms with Crippen LogP contribution in [0.2, 0.25) is 0 Å². The Morgan fingerprint density at radius 3 is 2.13 bits per heavy atom. The Morgan fingerprint density at radius 1 is 1.27 bits per heavy atom. The number of alkyl halides is 2. The molecule has 1 rings (SSSR count). The molecule has 0 aliphatic carbocycles. The highest BCUT2D eigenvalue weighted by atomic mass is 19.3. The zero-order chi connectivity index (χ0) is 11.7. The molecule has 0 aliphatic heterocycles. The Morgan fingerprint density at radius 2 is 1.73 bits per heavy atom. The average molecular weight is 216 g/mol. The standard InChI is InChI=1S/C10H10F2O3/c1-9(15,10(11,12)8(13)14)7-5-3-2-4-6-7/h2-6,15H,1H3,(H,13,14). The number of carboxylic acids is 1. The van der Waals surface area contributed by atoms with Crippen molar-refractivity contribution in [1.82, 2.24) is 0 Å². The fraction of sp³-hybridized carbons (Fsp3) is 0.300. The van der Waals surface area contributed by atoms with E-state index in [0.717, 1.165) is 6.92 Å². The number of aliphatic carboxylic acids is 1. The molecular weight excluding hydrogens is 206 g/mol. The first-order valence-corrected chi connectivity index (χ1v) is 4.19. The predicted octanol–water partition coefficient (Wildman–Crippen LogP) is 1.61. The van der Waals surface area contributed by atoms with E-state index in [-0.39, 0.29) is 5.56 Å². The number of halogens is 2. The summed E-state index contributed by atoms with van der Waals surface area (Å²) in [7, 11) is 0. The van der Waals surface area contributed by atoms with Gasteiger partial charge in [-0.2, -0.15) is 8.78 Å². The number of rotatable bonds is 3. The van der Waals surface area contributed by atoms with Gasteiger partial charge in [-0.05, 0) is 12.5 Å². The summed E-state index contributed by atoms with van der Waals surface area (Å²) in [4.78, 5) is 10.3. The summed E-state index contributed by atoms with van der Waals surface area (Å²) in [6.45, 7) is 0.774. The van der Waals surface area contributed by atoms with Crippen molar-refractivity contribution in [2.45, 2.75) is 18.4 Å². The largest absolute Gasteiger partial charge is 0.477 e. The van der Waals surface area contributed by atoms with Crippen LogP contribution in [0.15, 0.2) is 30.3 Å². The van der Waals surface area contributed by atoms with Crippen LogP contribution in [0.1, 0.15) is 12.5 Å². The molecule has 1 aromatic carbocycles. The summed E-state index contributed by atoms with van der Waals surface area (Å²) >= 11 is 0. The highest BCUT2D eigenvalue weighted by molar-refractivity contribution is 5.77. The van der Waals surface area contributed by atoms with Crippen molar-refractivity contribution in [1.29, 1.82) is 0 Å². The molecule has 0 heterocycles. The van der Waals surface area contributed by atoms with Crippen molar-refractivity contribution in [3.8, 4) is 0 Å². The van der Waals surface area contributed by atoms with Gasteiger partial charge in [-0.3, -0.25) is 0 Å². The molecule has 82 valence electrons. The van der Waals surface area contributed by atoms with Crippen molar-refractivity contribution in [2.75, 3.05) is 0 Å². The van der Waals surface area contributed by atoms with Crippen LogP contribution in [-0.4, -0.2) is 22.1 Å². The molecule has 1 atom stereocenters. The molecule has 15 heavy (non-hydrogen) atoms. The van der Waals surface area contributed by atoms with Crippen LogP contribution in [0, 0.1) is 0 Å². The molecule has 1 aromatic rings. The molecule has 0 saturated heterocycles. The minimum Gasteiger partial charge on any atom is -0.477 e. The van der Waals surface area contributed by atoms with Gasteiger partial charge < -0.3 is 10.2 Å². The number of carbonyl (C=O) groups is 1. The second-order valence-electron chi connectivity index (χ2n) is 3.32. The van der Waals surface area contributed by atoms with Gasteiger partial charge in [0.1, 0.15) is 0 Å². The molecule has 0 amide bonds. The van der Waals surface area contributed by atoms with Gasteiger partial charge in [0.25, 0.3) is 0 Å². The number of aliphatic hydroxyl groups is 1. The van der Waals surface area contributed by atoms with Crippen molar-refractivity contribution >= 4 is 5.97 Å². The first-order chi connectivity index (χ1) is 6.80. The molecule has 0 saturated carbocycles. The van der Waals surface area contributed by atoms with Crippen LogP contribution in [0.3, 0.4) is 0 Å². The predicted molar refractivity (Wildman–Crippen MR) is 48.6 cm³/mol. The average Bonchev–Trinajstić information content (AvgIpc) is 2.18. The lowest BCUT2D eigenvalue weighted by Gasteiger charge is -2.29. The van der Waals surface area contributed by atoms with E-state index in [1.54, 1.807) is 6.07 Å². The minimum absolute atomic E-state index is 0.141. The molecule has 0 radical (unpaired) electrons. The van der Waals surface area contributed by atoms with E-state index < -0.39 is 17.5 Å². The van der Waals surface area contributed by atoms with E-state index in [1.165, 1.54) is 24.3 Å². The maximum absolute atomic E-state index is 13.2. The zero-order valence-electron chi connectivity index (χ0n) is 7.95. The Labute approximate surface area is 85.0 Å². The zero-order valence-corrected chi connectivity index (χ0v) is 7.95. The lowest BCUT2D eigenvalue weighted by Crippen LogP contribution is -2.48. The lowest BCUT2D eigenvalue weighted by molar-refractivity contribution is -0.207. The first-order valence-electron chi connectivity index (χ1n) is 4.19. The number of carboxylic acid groups (broad SMARTS) is 1. The summed E-state index contributed by atoms with van der Waals surface area (Å²) in [5, 5.41) is 17.9. The lowest BCUT2D eigenvalue weighted by atomic mass is 9.89. The second-order valence-corrected chi connectivity index (χ2v) is 3.32. The third kappa shape index (κ3) is 1.83. The molecule has 5 heteroatoms. The van der Waals surface area contributed by atoms with Crippen LogP contribution >= 0.6 is 0 Å². The quantitative estimate of drug-likeness (QED) is 0.807. The third-order valence-electron chi connectivity index (χ3n) is 2.22. The van der Waals surface area contributed by atoms with E-state index >= 15 is 0 Å². The summed E-state index contributed by atoms with van der Waals surface area (Å²) in [6.07, 6.45) is 0. The van der Waals surface area contributed by atoms with Gasteiger partial charge in [0.15, 0.2) is 5.60 Å². The van der Waals surface area contributed by atoms with E-state index in [0.29, 0.717) is 0 Å². The fourth-order valence-corrected chi connectivity index (χ4v) is 1.15. The smallest absolute Gasteiger partial charge is 0.378 e. The van der Waals surface area contributed by atoms with Crippen LogP contribution < -0.4 is 0 Å². The fourth-order valence-electron chi connectivity index (χ4n) is 1.15. The molecule has 0 bridgehead atoms. The molecule has 3 nitrogen and oxygen atoms in total. The Bertz CT molecular complexity index is 360. The van der Waals surface area contributed by atoms with Gasteiger partial charge in [0.2, 0.25) is 0 Å². The summed E-state index contributed by atoms with van der Waals surface area (Å²) in [5.74, 6) is -6.58. The maximum Gasteiger partial charge on any atom is 0.378 e. The maximum atomic E-state index is 13.2. The van der Waals surface area contributed by atoms with Crippen molar-refractivity contribution in [3.05, 3.63) is 35.9 Å². The summed E-state index contributed by atoms with van der Waals surface area (Å²) in [5.41, 5.74) is -2.86. The molecule has 0 spiro atoms. The Hall–Kier alpha value is -1.49. The molecular formula is C10H10F2O3. The monoisotopic (exact) mass is 216 g/mol. The second kappa shape index (κ2) is 3.58. The number of benzene rings is 1. The van der Waals surface area contributed by atoms with Crippen molar-refractivity contribution in [3.63, 3.8) is 0 Å². The van der Waals surface area contributed by atoms with E-state index in [4.69, 9.17) is 5.11 Å². The molecule has 0 aromatic heterocycles. The summed E-state index contributed by atoms with van der Waals surface area (Å²) in [6, 6.07) is 6.97. The van der Waals surface area contributed by atoms with Gasteiger partial charge in [0.05, 0.1) is 0 Å². The van der Waals surface area contributed by atoms with E-state index in [1.807, 2.05) is 0 Å². The van der Waals surface area contributed by atoms with Crippen molar-refractivity contribution in [2.24, 2.45) is 0 Å².